The smallest absolute Gasteiger partial charge is 0.348 e. The van der Waals surface area contributed by atoms with E-state index in [2.05, 4.69) is 0 Å². The second-order valence-electron chi connectivity index (χ2n) is 7.48. The number of carbonyl (C=O) groups excluding carboxylic acids is 2. The van der Waals surface area contributed by atoms with Gasteiger partial charge in [-0.1, -0.05) is 11.6 Å². The Labute approximate surface area is 176 Å². The van der Waals surface area contributed by atoms with Gasteiger partial charge < -0.3 is 18.3 Å². The number of furan rings is 1. The Hall–Kier alpha value is -3.87. The summed E-state index contributed by atoms with van der Waals surface area (Å²) in [6.07, 6.45) is 2.53. The van der Waals surface area contributed by atoms with Crippen molar-refractivity contribution in [3.8, 4) is 11.5 Å². The van der Waals surface area contributed by atoms with Crippen LogP contribution in [0.5, 0.6) is 11.5 Å². The summed E-state index contributed by atoms with van der Waals surface area (Å²) >= 11 is 0. The molecule has 2 heterocycles. The van der Waals surface area contributed by atoms with E-state index in [1.807, 2.05) is 19.9 Å². The highest BCUT2D eigenvalue weighted by Gasteiger charge is 2.19. The van der Waals surface area contributed by atoms with Crippen LogP contribution in [0.3, 0.4) is 0 Å². The van der Waals surface area contributed by atoms with Crippen molar-refractivity contribution in [2.24, 2.45) is 0 Å². The van der Waals surface area contributed by atoms with Crippen LogP contribution >= 0.6 is 0 Å². The lowest BCUT2D eigenvalue weighted by Gasteiger charge is -2.09. The number of esters is 2. The summed E-state index contributed by atoms with van der Waals surface area (Å²) in [4.78, 5) is 35.5. The molecule has 158 valence electrons. The van der Waals surface area contributed by atoms with E-state index in [0.717, 1.165) is 11.1 Å². The van der Waals surface area contributed by atoms with Crippen molar-refractivity contribution >= 4 is 44.8 Å². The number of carbonyl (C=O) groups is 2. The summed E-state index contributed by atoms with van der Waals surface area (Å²) in [6, 6.07) is 8.13. The van der Waals surface area contributed by atoms with Crippen LogP contribution in [0, 0.1) is 0 Å². The van der Waals surface area contributed by atoms with E-state index >= 15 is 0 Å². The third kappa shape index (κ3) is 3.94. The first-order valence-electron chi connectivity index (χ1n) is 9.69. The molecule has 0 unspecified atom stereocenters. The molecule has 0 N–H and O–H groups in total. The standard InChI is InChI=1S/C24H20O7/c1-12(2)5-6-15-9-18-21(11-19(15)29-14(4)26)31-24(27)22-17-8-7-16(28-13(3)25)10-20(17)30-23(18)22/h5,7-11H,6H2,1-4H3. The number of rotatable bonds is 4. The molecule has 0 aliphatic carbocycles. The van der Waals surface area contributed by atoms with Crippen LogP contribution in [0.25, 0.3) is 32.9 Å². The van der Waals surface area contributed by atoms with Crippen LogP contribution < -0.4 is 15.1 Å². The zero-order chi connectivity index (χ0) is 22.3. The first kappa shape index (κ1) is 20.4. The summed E-state index contributed by atoms with van der Waals surface area (Å²) in [5.74, 6) is -0.285. The maximum Gasteiger partial charge on any atom is 0.348 e. The average molecular weight is 420 g/mol. The molecule has 4 rings (SSSR count). The number of ether oxygens (including phenoxy) is 2. The van der Waals surface area contributed by atoms with Crippen molar-refractivity contribution in [1.29, 1.82) is 0 Å². The van der Waals surface area contributed by atoms with E-state index in [1.165, 1.54) is 19.9 Å². The first-order valence-corrected chi connectivity index (χ1v) is 9.69. The molecular formula is C24H20O7. The van der Waals surface area contributed by atoms with E-state index in [-0.39, 0.29) is 5.58 Å². The van der Waals surface area contributed by atoms with Gasteiger partial charge in [0.2, 0.25) is 0 Å². The lowest BCUT2D eigenvalue weighted by atomic mass is 10.0. The van der Waals surface area contributed by atoms with Gasteiger partial charge in [-0.2, -0.15) is 0 Å². The van der Waals surface area contributed by atoms with Crippen molar-refractivity contribution in [3.05, 3.63) is 58.0 Å². The van der Waals surface area contributed by atoms with Gasteiger partial charge >= 0.3 is 17.6 Å². The number of allylic oxidation sites excluding steroid dienone is 2. The van der Waals surface area contributed by atoms with Crippen LogP contribution in [-0.4, -0.2) is 11.9 Å². The highest BCUT2D eigenvalue weighted by molar-refractivity contribution is 6.13. The molecule has 7 heteroatoms. The molecule has 0 saturated carbocycles. The Morgan fingerprint density at radius 2 is 1.61 bits per heavy atom. The van der Waals surface area contributed by atoms with Gasteiger partial charge in [0, 0.05) is 31.4 Å². The Balaban J connectivity index is 2.01. The summed E-state index contributed by atoms with van der Waals surface area (Å²) in [7, 11) is 0. The predicted molar refractivity (Wildman–Crippen MR) is 116 cm³/mol. The highest BCUT2D eigenvalue weighted by atomic mass is 16.5. The highest BCUT2D eigenvalue weighted by Crippen LogP contribution is 2.36. The third-order valence-electron chi connectivity index (χ3n) is 4.72. The van der Waals surface area contributed by atoms with Gasteiger partial charge in [-0.15, -0.1) is 0 Å². The second kappa shape index (κ2) is 7.75. The molecule has 0 aliphatic rings. The van der Waals surface area contributed by atoms with Crippen LogP contribution in [0.2, 0.25) is 0 Å². The first-order chi connectivity index (χ1) is 14.7. The van der Waals surface area contributed by atoms with E-state index in [4.69, 9.17) is 18.3 Å². The minimum absolute atomic E-state index is 0.244. The molecule has 4 aromatic rings. The predicted octanol–water partition coefficient (Wildman–Crippen LogP) is 5.05. The zero-order valence-corrected chi connectivity index (χ0v) is 17.5. The normalized spacial score (nSPS) is 11.1. The largest absolute Gasteiger partial charge is 0.455 e. The molecule has 0 fully saturated rings. The van der Waals surface area contributed by atoms with Crippen molar-refractivity contribution < 1.29 is 27.9 Å². The molecular weight excluding hydrogens is 400 g/mol. The number of hydrogen-bond donors (Lipinski definition) is 0. The molecule has 0 aliphatic heterocycles. The third-order valence-corrected chi connectivity index (χ3v) is 4.72. The Morgan fingerprint density at radius 3 is 2.29 bits per heavy atom. The van der Waals surface area contributed by atoms with Gasteiger partial charge in [0.1, 0.15) is 28.1 Å². The Morgan fingerprint density at radius 1 is 0.903 bits per heavy atom. The number of hydrogen-bond acceptors (Lipinski definition) is 7. The summed E-state index contributed by atoms with van der Waals surface area (Å²) in [5, 5.41) is 1.43. The quantitative estimate of drug-likeness (QED) is 0.197. The minimum atomic E-state index is -0.577. The van der Waals surface area contributed by atoms with Crippen molar-refractivity contribution in [1.82, 2.24) is 0 Å². The maximum absolute atomic E-state index is 12.7. The van der Waals surface area contributed by atoms with E-state index in [0.29, 0.717) is 45.2 Å². The molecule has 2 aromatic carbocycles. The van der Waals surface area contributed by atoms with Gasteiger partial charge in [0.25, 0.3) is 0 Å². The van der Waals surface area contributed by atoms with E-state index in [1.54, 1.807) is 24.3 Å². The maximum atomic E-state index is 12.7. The Bertz CT molecular complexity index is 1450. The molecule has 0 atom stereocenters. The van der Waals surface area contributed by atoms with Crippen LogP contribution in [-0.2, 0) is 16.0 Å². The number of benzene rings is 2. The summed E-state index contributed by atoms with van der Waals surface area (Å²) < 4.78 is 22.0. The molecule has 2 aromatic heterocycles. The van der Waals surface area contributed by atoms with Crippen LogP contribution in [0.15, 0.2) is 55.6 Å². The van der Waals surface area contributed by atoms with Crippen LogP contribution in [0.4, 0.5) is 0 Å². The second-order valence-corrected chi connectivity index (χ2v) is 7.48. The lowest BCUT2D eigenvalue weighted by molar-refractivity contribution is -0.132. The summed E-state index contributed by atoms with van der Waals surface area (Å²) in [6.45, 7) is 6.57. The number of fused-ring (bicyclic) bond motifs is 5. The topological polar surface area (TPSA) is 96.0 Å². The fourth-order valence-electron chi connectivity index (χ4n) is 3.44. The van der Waals surface area contributed by atoms with Gasteiger partial charge in [0.05, 0.1) is 5.39 Å². The van der Waals surface area contributed by atoms with Gasteiger partial charge in [-0.25, -0.2) is 4.79 Å². The summed E-state index contributed by atoms with van der Waals surface area (Å²) in [5.41, 5.74) is 2.28. The molecule has 0 radical (unpaired) electrons. The Kier molecular flexibility index (Phi) is 5.10. The molecule has 0 amide bonds. The monoisotopic (exact) mass is 420 g/mol. The molecule has 0 bridgehead atoms. The van der Waals surface area contributed by atoms with E-state index in [9.17, 15) is 14.4 Å². The minimum Gasteiger partial charge on any atom is -0.455 e. The molecule has 0 saturated heterocycles. The molecule has 0 spiro atoms. The molecule has 7 nitrogen and oxygen atoms in total. The lowest BCUT2D eigenvalue weighted by Crippen LogP contribution is -2.05. The fourth-order valence-corrected chi connectivity index (χ4v) is 3.44. The van der Waals surface area contributed by atoms with E-state index < -0.39 is 17.6 Å². The van der Waals surface area contributed by atoms with Crippen molar-refractivity contribution in [2.75, 3.05) is 0 Å². The average Bonchev–Trinajstić information content (AvgIpc) is 3.05. The fraction of sp³-hybridized carbons (Fsp3) is 0.208. The van der Waals surface area contributed by atoms with Crippen LogP contribution in [0.1, 0.15) is 33.3 Å². The van der Waals surface area contributed by atoms with Gasteiger partial charge in [0.15, 0.2) is 5.58 Å². The zero-order valence-electron chi connectivity index (χ0n) is 17.5. The van der Waals surface area contributed by atoms with Gasteiger partial charge in [-0.05, 0) is 44.0 Å². The van der Waals surface area contributed by atoms with Gasteiger partial charge in [-0.3, -0.25) is 9.59 Å². The van der Waals surface area contributed by atoms with Crippen molar-refractivity contribution in [2.45, 2.75) is 34.1 Å². The SMILES string of the molecule is CC(=O)Oc1ccc2c(c1)oc1c3cc(CC=C(C)C)c(OC(C)=O)cc3oc(=O)c21. The molecule has 31 heavy (non-hydrogen) atoms. The van der Waals surface area contributed by atoms with Crippen molar-refractivity contribution in [3.63, 3.8) is 0 Å².